The Morgan fingerprint density at radius 1 is 0.944 bits per heavy atom. The number of hydrogen-bond acceptors (Lipinski definition) is 1. The van der Waals surface area contributed by atoms with Crippen LogP contribution in [0.3, 0.4) is 0 Å². The van der Waals surface area contributed by atoms with Gasteiger partial charge in [0.1, 0.15) is 0 Å². The van der Waals surface area contributed by atoms with Crippen LogP contribution in [0, 0.1) is 10.8 Å². The van der Waals surface area contributed by atoms with Crippen molar-refractivity contribution < 1.29 is 4.79 Å². The average Bonchev–Trinajstić information content (AvgIpc) is 2.28. The smallest absolute Gasteiger partial charge is 0.225 e. The lowest BCUT2D eigenvalue weighted by molar-refractivity contribution is -0.130. The molecule has 112 valence electrons. The largest absolute Gasteiger partial charge is 0.356 e. The van der Waals surface area contributed by atoms with E-state index in [1.54, 1.807) is 0 Å². The highest BCUT2D eigenvalue weighted by Crippen LogP contribution is 2.33. The Hall–Kier alpha value is -0.530. The highest BCUT2D eigenvalue weighted by Gasteiger charge is 2.31. The molecule has 0 radical (unpaired) electrons. The fraction of sp³-hybridized carbons (Fsp3) is 0.938. The molecule has 1 N–H and O–H groups in total. The van der Waals surface area contributed by atoms with E-state index < -0.39 is 0 Å². The van der Waals surface area contributed by atoms with Crippen LogP contribution < -0.4 is 5.32 Å². The summed E-state index contributed by atoms with van der Waals surface area (Å²) in [5.41, 5.74) is -0.0551. The van der Waals surface area contributed by atoms with Crippen LogP contribution in [0.25, 0.3) is 0 Å². The minimum Gasteiger partial charge on any atom is -0.356 e. The quantitative estimate of drug-likeness (QED) is 0.754. The molecule has 0 spiro atoms. The first-order valence-corrected chi connectivity index (χ1v) is 7.47. The van der Waals surface area contributed by atoms with Crippen molar-refractivity contribution in [3.63, 3.8) is 0 Å². The Morgan fingerprint density at radius 3 is 1.61 bits per heavy atom. The van der Waals surface area contributed by atoms with Crippen molar-refractivity contribution >= 4 is 5.91 Å². The topological polar surface area (TPSA) is 29.1 Å². The number of hydrogen-bond donors (Lipinski definition) is 1. The zero-order valence-corrected chi connectivity index (χ0v) is 14.5. The molecule has 0 aliphatic carbocycles. The van der Waals surface area contributed by atoms with E-state index in [2.05, 4.69) is 33.0 Å². The Morgan fingerprint density at radius 2 is 1.33 bits per heavy atom. The summed E-state index contributed by atoms with van der Waals surface area (Å²) in [7, 11) is 0. The third-order valence-corrected chi connectivity index (χ3v) is 2.12. The third-order valence-electron chi connectivity index (χ3n) is 2.12. The Bertz CT molecular complexity index is 190. The summed E-state index contributed by atoms with van der Waals surface area (Å²) < 4.78 is 0. The lowest BCUT2D eigenvalue weighted by Gasteiger charge is -2.31. The van der Waals surface area contributed by atoms with Gasteiger partial charge in [-0.05, 0) is 18.3 Å². The molecule has 1 amide bonds. The van der Waals surface area contributed by atoms with Gasteiger partial charge in [-0.3, -0.25) is 4.79 Å². The number of rotatable bonds is 4. The number of carbonyl (C=O) groups is 1. The minimum absolute atomic E-state index is 0.175. The molecule has 0 aliphatic heterocycles. The molecule has 0 heterocycles. The maximum absolute atomic E-state index is 11.8. The van der Waals surface area contributed by atoms with E-state index in [0.717, 1.165) is 19.4 Å². The molecule has 0 aromatic carbocycles. The molecular weight excluding hydrogens is 222 g/mol. The van der Waals surface area contributed by atoms with Crippen LogP contribution >= 0.6 is 0 Å². The van der Waals surface area contributed by atoms with Gasteiger partial charge in [-0.2, -0.15) is 0 Å². The molecule has 0 aliphatic rings. The molecule has 0 aromatic heterocycles. The maximum atomic E-state index is 11.8. The zero-order chi connectivity index (χ0) is 15.4. The number of nitrogens with one attached hydrogen (secondary N) is 1. The van der Waals surface area contributed by atoms with Crippen LogP contribution in [0.2, 0.25) is 0 Å². The van der Waals surface area contributed by atoms with Crippen LogP contribution in [0.15, 0.2) is 0 Å². The summed E-state index contributed by atoms with van der Waals surface area (Å²) in [5.74, 6) is 0.175. The van der Waals surface area contributed by atoms with Crippen LogP contribution in [-0.2, 0) is 4.79 Å². The molecule has 0 atom stereocenters. The summed E-state index contributed by atoms with van der Waals surface area (Å²) >= 11 is 0. The Labute approximate surface area is 116 Å². The Kier molecular flexibility index (Phi) is 14.5. The second kappa shape index (κ2) is 11.6. The van der Waals surface area contributed by atoms with E-state index in [4.69, 9.17) is 0 Å². The van der Waals surface area contributed by atoms with Crippen molar-refractivity contribution in [3.8, 4) is 0 Å². The molecule has 2 heteroatoms. The van der Waals surface area contributed by atoms with Crippen LogP contribution in [0.1, 0.15) is 82.1 Å². The summed E-state index contributed by atoms with van der Waals surface area (Å²) in [6, 6.07) is 0. The van der Waals surface area contributed by atoms with Crippen molar-refractivity contribution in [3.05, 3.63) is 0 Å². The SMILES string of the molecule is CC.CC.CCCNC(=O)C(C)(C)CC(C)(C)C. The van der Waals surface area contributed by atoms with Crippen molar-refractivity contribution in [1.82, 2.24) is 5.32 Å². The standard InChI is InChI=1S/C12H25NO.2C2H6/c1-7-8-13-10(14)12(5,6)9-11(2,3)4;2*1-2/h7-9H2,1-6H3,(H,13,14);2*1-2H3. The summed E-state index contributed by atoms with van der Waals surface area (Å²) in [4.78, 5) is 11.8. The van der Waals surface area contributed by atoms with Gasteiger partial charge in [-0.15, -0.1) is 0 Å². The molecule has 2 nitrogen and oxygen atoms in total. The highest BCUT2D eigenvalue weighted by atomic mass is 16.2. The molecule has 0 unspecified atom stereocenters. The van der Waals surface area contributed by atoms with E-state index in [1.807, 2.05) is 41.5 Å². The first-order chi connectivity index (χ1) is 8.19. The highest BCUT2D eigenvalue weighted by molar-refractivity contribution is 5.81. The molecular formula is C16H37NO. The molecule has 0 saturated carbocycles. The van der Waals surface area contributed by atoms with Gasteiger partial charge in [-0.1, -0.05) is 69.2 Å². The van der Waals surface area contributed by atoms with E-state index in [0.29, 0.717) is 0 Å². The second-order valence-electron chi connectivity index (χ2n) is 5.88. The van der Waals surface area contributed by atoms with Gasteiger partial charge in [0.2, 0.25) is 5.91 Å². The fourth-order valence-electron chi connectivity index (χ4n) is 1.88. The Balaban J connectivity index is -0.000000506. The molecule has 18 heavy (non-hydrogen) atoms. The van der Waals surface area contributed by atoms with Gasteiger partial charge in [0.05, 0.1) is 0 Å². The van der Waals surface area contributed by atoms with Crippen molar-refractivity contribution in [1.29, 1.82) is 0 Å². The lowest BCUT2D eigenvalue weighted by atomic mass is 9.76. The molecule has 0 rings (SSSR count). The number of carbonyl (C=O) groups excluding carboxylic acids is 1. The first-order valence-electron chi connectivity index (χ1n) is 7.47. The molecule has 0 bridgehead atoms. The van der Waals surface area contributed by atoms with Crippen molar-refractivity contribution in [2.75, 3.05) is 6.54 Å². The second-order valence-corrected chi connectivity index (χ2v) is 5.88. The first kappa shape index (κ1) is 22.6. The van der Waals surface area contributed by atoms with Gasteiger partial charge in [0.25, 0.3) is 0 Å². The van der Waals surface area contributed by atoms with Gasteiger partial charge in [0, 0.05) is 12.0 Å². The number of amides is 1. The van der Waals surface area contributed by atoms with Gasteiger partial charge >= 0.3 is 0 Å². The lowest BCUT2D eigenvalue weighted by Crippen LogP contribution is -2.39. The van der Waals surface area contributed by atoms with Crippen molar-refractivity contribution in [2.24, 2.45) is 10.8 Å². The van der Waals surface area contributed by atoms with Gasteiger partial charge < -0.3 is 5.32 Å². The van der Waals surface area contributed by atoms with Crippen LogP contribution in [0.5, 0.6) is 0 Å². The molecule has 0 aromatic rings. The third kappa shape index (κ3) is 13.5. The van der Waals surface area contributed by atoms with Crippen LogP contribution in [0.4, 0.5) is 0 Å². The van der Waals surface area contributed by atoms with Crippen molar-refractivity contribution in [2.45, 2.75) is 82.1 Å². The van der Waals surface area contributed by atoms with E-state index in [1.165, 1.54) is 0 Å². The summed E-state index contributed by atoms with van der Waals surface area (Å²) in [5, 5.41) is 2.96. The molecule has 0 fully saturated rings. The summed E-state index contributed by atoms with van der Waals surface area (Å²) in [6.45, 7) is 21.4. The monoisotopic (exact) mass is 259 g/mol. The summed E-state index contributed by atoms with van der Waals surface area (Å²) in [6.07, 6.45) is 1.91. The maximum Gasteiger partial charge on any atom is 0.225 e. The zero-order valence-electron chi connectivity index (χ0n) is 14.5. The van der Waals surface area contributed by atoms with E-state index >= 15 is 0 Å². The normalized spacial score (nSPS) is 10.6. The minimum atomic E-state index is -0.257. The molecule has 0 saturated heterocycles. The van der Waals surface area contributed by atoms with E-state index in [-0.39, 0.29) is 16.7 Å². The predicted octanol–water partition coefficient (Wildman–Crippen LogP) is 5.03. The predicted molar refractivity (Wildman–Crippen MR) is 83.8 cm³/mol. The van der Waals surface area contributed by atoms with Crippen LogP contribution in [-0.4, -0.2) is 12.5 Å². The van der Waals surface area contributed by atoms with Gasteiger partial charge in [0.15, 0.2) is 0 Å². The fourth-order valence-corrected chi connectivity index (χ4v) is 1.88. The van der Waals surface area contributed by atoms with Gasteiger partial charge in [-0.25, -0.2) is 0 Å². The average molecular weight is 259 g/mol. The van der Waals surface area contributed by atoms with E-state index in [9.17, 15) is 4.79 Å².